The lowest BCUT2D eigenvalue weighted by molar-refractivity contribution is 0.577. The van der Waals surface area contributed by atoms with Crippen LogP contribution in [-0.4, -0.2) is 4.98 Å². The summed E-state index contributed by atoms with van der Waals surface area (Å²) in [5.41, 5.74) is 6.45. The zero-order valence-electron chi connectivity index (χ0n) is 14.6. The van der Waals surface area contributed by atoms with E-state index in [0.29, 0.717) is 5.92 Å². The standard InChI is InChI=1S/C22H22FNS/c1-13-6-4-10-17-19(14-7-5-8-15(23)12-14)20-16-9-2-3-11-18(16)25-22(20)24-21(13)17/h5,7-8,12-13H,2-4,6,9-11H2,1H3/t13-/m1/s1. The molecule has 128 valence electrons. The van der Waals surface area contributed by atoms with E-state index in [1.807, 2.05) is 17.4 Å². The summed E-state index contributed by atoms with van der Waals surface area (Å²) in [6, 6.07) is 7.17. The number of pyridine rings is 1. The monoisotopic (exact) mass is 351 g/mol. The molecule has 3 aromatic rings. The maximum absolute atomic E-state index is 14.0. The third-order valence-electron chi connectivity index (χ3n) is 5.88. The maximum atomic E-state index is 14.0. The smallest absolute Gasteiger partial charge is 0.124 e. The molecule has 0 aliphatic heterocycles. The van der Waals surface area contributed by atoms with Crippen LogP contribution in [0.2, 0.25) is 0 Å². The Morgan fingerprint density at radius 2 is 1.92 bits per heavy atom. The molecule has 0 N–H and O–H groups in total. The third kappa shape index (κ3) is 2.43. The molecule has 2 aliphatic carbocycles. The molecule has 0 unspecified atom stereocenters. The lowest BCUT2D eigenvalue weighted by atomic mass is 9.81. The van der Waals surface area contributed by atoms with Crippen LogP contribution in [0.5, 0.6) is 0 Å². The average Bonchev–Trinajstić information content (AvgIpc) is 2.99. The van der Waals surface area contributed by atoms with Crippen LogP contribution >= 0.6 is 11.3 Å². The molecular weight excluding hydrogens is 329 g/mol. The van der Waals surface area contributed by atoms with Gasteiger partial charge in [0, 0.05) is 16.0 Å². The summed E-state index contributed by atoms with van der Waals surface area (Å²) >= 11 is 1.88. The SMILES string of the molecule is C[C@@H]1CCCc2c1nc1sc3c(c1c2-c1cccc(F)c1)CCCC3. The van der Waals surface area contributed by atoms with Gasteiger partial charge in [-0.05, 0) is 85.3 Å². The first-order valence-electron chi connectivity index (χ1n) is 9.45. The summed E-state index contributed by atoms with van der Waals surface area (Å²) < 4.78 is 14.0. The minimum Gasteiger partial charge on any atom is -0.241 e. The van der Waals surface area contributed by atoms with Crippen molar-refractivity contribution < 1.29 is 4.39 Å². The van der Waals surface area contributed by atoms with Crippen LogP contribution in [0.3, 0.4) is 0 Å². The van der Waals surface area contributed by atoms with Crippen molar-refractivity contribution in [2.75, 3.05) is 0 Å². The zero-order valence-corrected chi connectivity index (χ0v) is 15.4. The van der Waals surface area contributed by atoms with Crippen LogP contribution in [0.15, 0.2) is 24.3 Å². The highest BCUT2D eigenvalue weighted by Crippen LogP contribution is 2.46. The Bertz CT molecular complexity index is 972. The predicted octanol–water partition coefficient (Wildman–Crippen LogP) is 6.42. The van der Waals surface area contributed by atoms with Gasteiger partial charge in [-0.15, -0.1) is 11.3 Å². The van der Waals surface area contributed by atoms with Gasteiger partial charge < -0.3 is 0 Å². The molecule has 0 spiro atoms. The van der Waals surface area contributed by atoms with Crippen molar-refractivity contribution in [2.24, 2.45) is 0 Å². The van der Waals surface area contributed by atoms with E-state index in [4.69, 9.17) is 4.98 Å². The Morgan fingerprint density at radius 1 is 1.08 bits per heavy atom. The van der Waals surface area contributed by atoms with Gasteiger partial charge in [0.05, 0.1) is 0 Å². The number of hydrogen-bond acceptors (Lipinski definition) is 2. The summed E-state index contributed by atoms with van der Waals surface area (Å²) in [4.78, 5) is 7.83. The maximum Gasteiger partial charge on any atom is 0.124 e. The number of nitrogens with zero attached hydrogens (tertiary/aromatic N) is 1. The number of aromatic nitrogens is 1. The van der Waals surface area contributed by atoms with Crippen LogP contribution in [0.1, 0.15) is 60.2 Å². The lowest BCUT2D eigenvalue weighted by Crippen LogP contribution is -2.11. The normalized spacial score (nSPS) is 19.7. The molecule has 3 heteroatoms. The number of fused-ring (bicyclic) bond motifs is 4. The predicted molar refractivity (Wildman–Crippen MR) is 103 cm³/mol. The molecular formula is C22H22FNS. The highest BCUT2D eigenvalue weighted by molar-refractivity contribution is 7.19. The van der Waals surface area contributed by atoms with Crippen LogP contribution in [0.25, 0.3) is 21.3 Å². The summed E-state index contributed by atoms with van der Waals surface area (Å²) in [6.07, 6.45) is 8.35. The molecule has 0 saturated heterocycles. The molecule has 1 aromatic carbocycles. The first kappa shape index (κ1) is 15.5. The van der Waals surface area contributed by atoms with Gasteiger partial charge in [-0.3, -0.25) is 0 Å². The first-order valence-corrected chi connectivity index (χ1v) is 10.3. The van der Waals surface area contributed by atoms with E-state index in [1.54, 1.807) is 12.1 Å². The van der Waals surface area contributed by atoms with Gasteiger partial charge in [-0.1, -0.05) is 19.1 Å². The van der Waals surface area contributed by atoms with Crippen LogP contribution < -0.4 is 0 Å². The number of hydrogen-bond donors (Lipinski definition) is 0. The molecule has 25 heavy (non-hydrogen) atoms. The van der Waals surface area contributed by atoms with E-state index in [2.05, 4.69) is 13.0 Å². The Labute approximate surface area is 151 Å². The van der Waals surface area contributed by atoms with Gasteiger partial charge in [-0.25, -0.2) is 9.37 Å². The topological polar surface area (TPSA) is 12.9 Å². The number of rotatable bonds is 1. The minimum atomic E-state index is -0.149. The van der Waals surface area contributed by atoms with Gasteiger partial charge in [0.25, 0.3) is 0 Å². The molecule has 1 nitrogen and oxygen atoms in total. The molecule has 2 aliphatic rings. The van der Waals surface area contributed by atoms with Crippen LogP contribution in [-0.2, 0) is 19.3 Å². The zero-order chi connectivity index (χ0) is 17.0. The van der Waals surface area contributed by atoms with E-state index < -0.39 is 0 Å². The molecule has 2 aromatic heterocycles. The van der Waals surface area contributed by atoms with E-state index in [1.165, 1.54) is 69.6 Å². The summed E-state index contributed by atoms with van der Waals surface area (Å²) in [5, 5.41) is 1.33. The van der Waals surface area contributed by atoms with Crippen molar-refractivity contribution in [2.45, 2.75) is 57.8 Å². The molecule has 2 heterocycles. The second kappa shape index (κ2) is 5.91. The second-order valence-corrected chi connectivity index (χ2v) is 8.63. The highest BCUT2D eigenvalue weighted by atomic mass is 32.1. The summed E-state index contributed by atoms with van der Waals surface area (Å²) in [7, 11) is 0. The van der Waals surface area contributed by atoms with Crippen molar-refractivity contribution >= 4 is 21.6 Å². The number of thiophene rings is 1. The average molecular weight is 351 g/mol. The molecule has 1 atom stereocenters. The van der Waals surface area contributed by atoms with Crippen molar-refractivity contribution in [3.8, 4) is 11.1 Å². The molecule has 5 rings (SSSR count). The summed E-state index contributed by atoms with van der Waals surface area (Å²) in [5.74, 6) is 0.351. The first-order chi connectivity index (χ1) is 12.2. The van der Waals surface area contributed by atoms with Crippen molar-refractivity contribution in [3.63, 3.8) is 0 Å². The Kier molecular flexibility index (Phi) is 3.67. The van der Waals surface area contributed by atoms with E-state index in [9.17, 15) is 4.39 Å². The van der Waals surface area contributed by atoms with Crippen molar-refractivity contribution in [1.29, 1.82) is 0 Å². The molecule has 0 fully saturated rings. The van der Waals surface area contributed by atoms with Gasteiger partial charge in [0.15, 0.2) is 0 Å². The molecule has 0 bridgehead atoms. The largest absolute Gasteiger partial charge is 0.241 e. The molecule has 0 radical (unpaired) electrons. The number of halogens is 1. The highest BCUT2D eigenvalue weighted by Gasteiger charge is 2.28. The van der Waals surface area contributed by atoms with Crippen LogP contribution in [0.4, 0.5) is 4.39 Å². The molecule has 0 saturated carbocycles. The van der Waals surface area contributed by atoms with Gasteiger partial charge >= 0.3 is 0 Å². The number of benzene rings is 1. The third-order valence-corrected chi connectivity index (χ3v) is 7.07. The second-order valence-electron chi connectivity index (χ2n) is 7.55. The summed E-state index contributed by atoms with van der Waals surface area (Å²) in [6.45, 7) is 2.29. The lowest BCUT2D eigenvalue weighted by Gasteiger charge is -2.25. The fourth-order valence-electron chi connectivity index (χ4n) is 4.69. The fraction of sp³-hybridized carbons (Fsp3) is 0.409. The van der Waals surface area contributed by atoms with Crippen LogP contribution in [0, 0.1) is 5.82 Å². The Morgan fingerprint density at radius 3 is 2.80 bits per heavy atom. The van der Waals surface area contributed by atoms with Gasteiger partial charge in [0.1, 0.15) is 10.6 Å². The molecule has 0 amide bonds. The van der Waals surface area contributed by atoms with Crippen molar-refractivity contribution in [3.05, 3.63) is 51.8 Å². The minimum absolute atomic E-state index is 0.149. The number of aryl methyl sites for hydroxylation is 2. The Hall–Kier alpha value is -1.74. The quantitative estimate of drug-likeness (QED) is 0.493. The van der Waals surface area contributed by atoms with E-state index in [0.717, 1.165) is 18.4 Å². The Balaban J connectivity index is 1.90. The van der Waals surface area contributed by atoms with E-state index >= 15 is 0 Å². The van der Waals surface area contributed by atoms with E-state index in [-0.39, 0.29) is 5.82 Å². The fourth-order valence-corrected chi connectivity index (χ4v) is 5.97. The van der Waals surface area contributed by atoms with Crippen molar-refractivity contribution in [1.82, 2.24) is 4.98 Å². The van der Waals surface area contributed by atoms with Gasteiger partial charge in [-0.2, -0.15) is 0 Å². The van der Waals surface area contributed by atoms with Gasteiger partial charge in [0.2, 0.25) is 0 Å².